The highest BCUT2D eigenvalue weighted by molar-refractivity contribution is 9.10. The number of benzene rings is 3. The van der Waals surface area contributed by atoms with Crippen molar-refractivity contribution >= 4 is 38.3 Å². The summed E-state index contributed by atoms with van der Waals surface area (Å²) in [5, 5.41) is 14.0. The van der Waals surface area contributed by atoms with E-state index in [1.54, 1.807) is 43.5 Å². The summed E-state index contributed by atoms with van der Waals surface area (Å²) in [6, 6.07) is 20.2. The SMILES string of the molecule is COc1ccc(NC(=O)c2cccc3c(Br)cccc23)cc1-c1ccc(CO)o1. The molecule has 1 heterocycles. The first kappa shape index (κ1) is 19.2. The minimum Gasteiger partial charge on any atom is -0.496 e. The highest BCUT2D eigenvalue weighted by Crippen LogP contribution is 2.34. The van der Waals surface area contributed by atoms with Crippen LogP contribution in [0.1, 0.15) is 16.1 Å². The molecule has 4 aromatic rings. The molecule has 5 nitrogen and oxygen atoms in total. The number of carbonyl (C=O) groups excluding carboxylic acids is 1. The molecule has 0 saturated heterocycles. The standard InChI is InChI=1S/C23H18BrNO4/c1-28-21-10-8-14(12-19(21)22-11-9-15(13-26)29-22)25-23(27)18-6-2-5-17-16(18)4-3-7-20(17)24/h2-12,26H,13H2,1H3,(H,25,27). The number of aliphatic hydroxyl groups excluding tert-OH is 1. The van der Waals surface area contributed by atoms with Crippen LogP contribution in [0.3, 0.4) is 0 Å². The van der Waals surface area contributed by atoms with Gasteiger partial charge in [0.1, 0.15) is 23.9 Å². The van der Waals surface area contributed by atoms with Crippen molar-refractivity contribution in [3.63, 3.8) is 0 Å². The molecule has 0 aliphatic heterocycles. The van der Waals surface area contributed by atoms with Crippen molar-refractivity contribution in [1.82, 2.24) is 0 Å². The van der Waals surface area contributed by atoms with Gasteiger partial charge in [-0.1, -0.05) is 40.2 Å². The van der Waals surface area contributed by atoms with Gasteiger partial charge in [0.2, 0.25) is 0 Å². The van der Waals surface area contributed by atoms with Crippen LogP contribution >= 0.6 is 15.9 Å². The number of nitrogens with one attached hydrogen (secondary N) is 1. The van der Waals surface area contributed by atoms with Gasteiger partial charge in [-0.05, 0) is 53.2 Å². The second-order valence-electron chi connectivity index (χ2n) is 6.43. The summed E-state index contributed by atoms with van der Waals surface area (Å²) in [6.07, 6.45) is 0. The average molecular weight is 452 g/mol. The Kier molecular flexibility index (Phi) is 5.38. The third kappa shape index (κ3) is 3.77. The molecule has 0 saturated carbocycles. The van der Waals surface area contributed by atoms with Gasteiger partial charge in [-0.25, -0.2) is 0 Å². The number of ether oxygens (including phenoxy) is 1. The molecule has 0 unspecified atom stereocenters. The Hall–Kier alpha value is -3.09. The number of hydrogen-bond donors (Lipinski definition) is 2. The average Bonchev–Trinajstić information content (AvgIpc) is 3.23. The second kappa shape index (κ2) is 8.11. The molecular weight excluding hydrogens is 434 g/mol. The maximum Gasteiger partial charge on any atom is 0.256 e. The van der Waals surface area contributed by atoms with Crippen molar-refractivity contribution in [2.45, 2.75) is 6.61 Å². The quantitative estimate of drug-likeness (QED) is 0.413. The summed E-state index contributed by atoms with van der Waals surface area (Å²) in [4.78, 5) is 13.0. The van der Waals surface area contributed by atoms with Crippen LogP contribution in [-0.4, -0.2) is 18.1 Å². The molecule has 0 spiro atoms. The van der Waals surface area contributed by atoms with Gasteiger partial charge in [0.05, 0.1) is 12.7 Å². The lowest BCUT2D eigenvalue weighted by Crippen LogP contribution is -2.12. The highest BCUT2D eigenvalue weighted by atomic mass is 79.9. The molecule has 1 amide bonds. The summed E-state index contributed by atoms with van der Waals surface area (Å²) in [5.41, 5.74) is 1.88. The molecular formula is C23H18BrNO4. The van der Waals surface area contributed by atoms with Crippen LogP contribution in [0.15, 0.2) is 75.6 Å². The Balaban J connectivity index is 1.69. The summed E-state index contributed by atoms with van der Waals surface area (Å²) in [5.74, 6) is 1.41. The van der Waals surface area contributed by atoms with Gasteiger partial charge in [-0.3, -0.25) is 4.79 Å². The third-order valence-corrected chi connectivity index (χ3v) is 5.35. The largest absolute Gasteiger partial charge is 0.496 e. The number of furan rings is 1. The first-order chi connectivity index (χ1) is 14.1. The van der Waals surface area contributed by atoms with Crippen molar-refractivity contribution in [2.24, 2.45) is 0 Å². The Morgan fingerprint density at radius 2 is 1.86 bits per heavy atom. The van der Waals surface area contributed by atoms with Crippen molar-refractivity contribution in [1.29, 1.82) is 0 Å². The summed E-state index contributed by atoms with van der Waals surface area (Å²) in [7, 11) is 1.57. The lowest BCUT2D eigenvalue weighted by molar-refractivity contribution is 0.102. The fraction of sp³-hybridized carbons (Fsp3) is 0.0870. The van der Waals surface area contributed by atoms with Gasteiger partial charge in [-0.15, -0.1) is 0 Å². The van der Waals surface area contributed by atoms with E-state index >= 15 is 0 Å². The number of carbonyl (C=O) groups is 1. The van der Waals surface area contributed by atoms with Crippen LogP contribution in [0.4, 0.5) is 5.69 Å². The van der Waals surface area contributed by atoms with E-state index < -0.39 is 0 Å². The smallest absolute Gasteiger partial charge is 0.256 e. The van der Waals surface area contributed by atoms with E-state index in [1.807, 2.05) is 30.3 Å². The van der Waals surface area contributed by atoms with E-state index in [-0.39, 0.29) is 12.5 Å². The summed E-state index contributed by atoms with van der Waals surface area (Å²) >= 11 is 3.53. The van der Waals surface area contributed by atoms with E-state index in [1.165, 1.54) is 0 Å². The monoisotopic (exact) mass is 451 g/mol. The summed E-state index contributed by atoms with van der Waals surface area (Å²) in [6.45, 7) is -0.185. The molecule has 0 radical (unpaired) electrons. The molecule has 0 fully saturated rings. The highest BCUT2D eigenvalue weighted by Gasteiger charge is 2.15. The molecule has 4 rings (SSSR count). The van der Waals surface area contributed by atoms with E-state index in [0.29, 0.717) is 34.1 Å². The van der Waals surface area contributed by atoms with E-state index in [2.05, 4.69) is 21.2 Å². The predicted octanol–water partition coefficient (Wildman–Crippen LogP) is 5.62. The Bertz CT molecular complexity index is 1200. The molecule has 0 atom stereocenters. The topological polar surface area (TPSA) is 71.7 Å². The number of aliphatic hydroxyl groups is 1. The van der Waals surface area contributed by atoms with Crippen LogP contribution in [0.5, 0.6) is 5.75 Å². The molecule has 0 aliphatic carbocycles. The van der Waals surface area contributed by atoms with Gasteiger partial charge in [0.25, 0.3) is 5.91 Å². The molecule has 2 N–H and O–H groups in total. The number of amides is 1. The van der Waals surface area contributed by atoms with Gasteiger partial charge in [0, 0.05) is 15.7 Å². The molecule has 6 heteroatoms. The number of anilines is 1. The van der Waals surface area contributed by atoms with E-state index in [0.717, 1.165) is 15.2 Å². The number of halogens is 1. The Morgan fingerprint density at radius 1 is 1.07 bits per heavy atom. The van der Waals surface area contributed by atoms with Gasteiger partial charge in [-0.2, -0.15) is 0 Å². The zero-order valence-electron chi connectivity index (χ0n) is 15.6. The third-order valence-electron chi connectivity index (χ3n) is 4.65. The van der Waals surface area contributed by atoms with Crippen LogP contribution < -0.4 is 10.1 Å². The Morgan fingerprint density at radius 3 is 2.62 bits per heavy atom. The van der Waals surface area contributed by atoms with E-state index in [4.69, 9.17) is 9.15 Å². The maximum atomic E-state index is 13.0. The zero-order chi connectivity index (χ0) is 20.4. The second-order valence-corrected chi connectivity index (χ2v) is 7.29. The van der Waals surface area contributed by atoms with Gasteiger partial charge in [0.15, 0.2) is 0 Å². The molecule has 146 valence electrons. The van der Waals surface area contributed by atoms with E-state index in [9.17, 15) is 9.90 Å². The molecule has 3 aromatic carbocycles. The predicted molar refractivity (Wildman–Crippen MR) is 116 cm³/mol. The zero-order valence-corrected chi connectivity index (χ0v) is 17.2. The van der Waals surface area contributed by atoms with Crippen molar-refractivity contribution in [3.05, 3.63) is 82.5 Å². The van der Waals surface area contributed by atoms with Crippen LogP contribution in [-0.2, 0) is 6.61 Å². The van der Waals surface area contributed by atoms with Crippen LogP contribution in [0, 0.1) is 0 Å². The van der Waals surface area contributed by atoms with Crippen LogP contribution in [0.2, 0.25) is 0 Å². The first-order valence-corrected chi connectivity index (χ1v) is 9.76. The lowest BCUT2D eigenvalue weighted by Gasteiger charge is -2.12. The number of rotatable bonds is 5. The minimum absolute atomic E-state index is 0.185. The number of methoxy groups -OCH3 is 1. The fourth-order valence-electron chi connectivity index (χ4n) is 3.25. The van der Waals surface area contributed by atoms with Crippen molar-refractivity contribution in [2.75, 3.05) is 12.4 Å². The fourth-order valence-corrected chi connectivity index (χ4v) is 3.75. The maximum absolute atomic E-state index is 13.0. The summed E-state index contributed by atoms with van der Waals surface area (Å²) < 4.78 is 12.0. The molecule has 1 aromatic heterocycles. The normalized spacial score (nSPS) is 10.9. The Labute approximate surface area is 176 Å². The molecule has 0 bridgehead atoms. The van der Waals surface area contributed by atoms with Crippen molar-refractivity contribution in [3.8, 4) is 17.1 Å². The van der Waals surface area contributed by atoms with Crippen molar-refractivity contribution < 1.29 is 19.1 Å². The first-order valence-electron chi connectivity index (χ1n) is 8.97. The number of fused-ring (bicyclic) bond motifs is 1. The van der Waals surface area contributed by atoms with Crippen LogP contribution in [0.25, 0.3) is 22.1 Å². The lowest BCUT2D eigenvalue weighted by atomic mass is 10.0. The number of hydrogen-bond acceptors (Lipinski definition) is 4. The molecule has 29 heavy (non-hydrogen) atoms. The molecule has 0 aliphatic rings. The van der Waals surface area contributed by atoms with Gasteiger partial charge >= 0.3 is 0 Å². The van der Waals surface area contributed by atoms with Gasteiger partial charge < -0.3 is 19.6 Å². The minimum atomic E-state index is -0.208.